The number of aryl methyl sites for hydroxylation is 1. The topological polar surface area (TPSA) is 107 Å². The van der Waals surface area contributed by atoms with Gasteiger partial charge in [-0.1, -0.05) is 18.1 Å². The van der Waals surface area contributed by atoms with E-state index in [2.05, 4.69) is 30.9 Å². The van der Waals surface area contributed by atoms with Crippen molar-refractivity contribution in [3.05, 3.63) is 52.9 Å². The molecule has 0 atom stereocenters. The number of carbonyl (C=O) groups is 1. The molecule has 0 aliphatic carbocycles. The second kappa shape index (κ2) is 9.69. The lowest BCUT2D eigenvalue weighted by Gasteiger charge is -2.22. The fraction of sp³-hybridized carbons (Fsp3) is 0.333. The Balaban J connectivity index is 1.52. The van der Waals surface area contributed by atoms with E-state index in [1.54, 1.807) is 23.9 Å². The molecule has 1 aliphatic rings. The van der Waals surface area contributed by atoms with Gasteiger partial charge in [-0.2, -0.15) is 4.68 Å². The van der Waals surface area contributed by atoms with Gasteiger partial charge in [0.2, 0.25) is 0 Å². The number of rotatable bonds is 6. The number of nitrogens with one attached hydrogen (secondary N) is 2. The van der Waals surface area contributed by atoms with E-state index < -0.39 is 0 Å². The van der Waals surface area contributed by atoms with Crippen LogP contribution in [-0.2, 0) is 7.05 Å². The first kappa shape index (κ1) is 21.0. The molecule has 0 bridgehead atoms. The molecule has 9 nitrogen and oxygen atoms in total. The summed E-state index contributed by atoms with van der Waals surface area (Å²) in [5.41, 5.74) is 2.40. The highest BCUT2D eigenvalue weighted by molar-refractivity contribution is 7.99. The monoisotopic (exact) mass is 438 g/mol. The van der Waals surface area contributed by atoms with Crippen LogP contribution in [0.5, 0.6) is 0 Å². The van der Waals surface area contributed by atoms with Crippen molar-refractivity contribution in [3.63, 3.8) is 0 Å². The van der Waals surface area contributed by atoms with Gasteiger partial charge in [-0.25, -0.2) is 0 Å². The molecular formula is C21H24N7O2S+. The Morgan fingerprint density at radius 2 is 1.87 bits per heavy atom. The third kappa shape index (κ3) is 5.08. The van der Waals surface area contributed by atoms with E-state index in [1.165, 1.54) is 49.2 Å². The second-order valence-corrected chi connectivity index (χ2v) is 8.43. The number of tetrazole rings is 1. The number of benzene rings is 2. The summed E-state index contributed by atoms with van der Waals surface area (Å²) in [6.45, 7) is 2.13. The van der Waals surface area contributed by atoms with Crippen molar-refractivity contribution < 1.29 is 9.48 Å². The summed E-state index contributed by atoms with van der Waals surface area (Å²) in [5, 5.41) is 16.9. The maximum absolute atomic E-state index is 13.0. The predicted molar refractivity (Wildman–Crippen MR) is 119 cm³/mol. The summed E-state index contributed by atoms with van der Waals surface area (Å²) in [5.74, 6) is -0.318. The Kier molecular flexibility index (Phi) is 6.56. The molecule has 2 N–H and O–H groups in total. The quantitative estimate of drug-likeness (QED) is 0.448. The SMILES string of the molecule is C[n+]1[nH]nnc1Sc1ccc(N=O)cc1C(=O)Nc1ccc(N2CCCCCC2)cc1. The standard InChI is InChI=1S/C21H23N7O2S/c1-27-21(23-25-26-27)31-19-11-8-16(24-30)14-18(19)20(29)22-15-6-9-17(10-7-15)28-12-4-2-3-5-13-28/h6-11,14H,2-5,12-13H2,1H3,(H,22,29)/p+1. The molecule has 1 aromatic heterocycles. The van der Waals surface area contributed by atoms with Crippen molar-refractivity contribution in [1.82, 2.24) is 15.5 Å². The summed E-state index contributed by atoms with van der Waals surface area (Å²) in [7, 11) is 1.77. The number of anilines is 2. The molecule has 1 fully saturated rings. The van der Waals surface area contributed by atoms with Crippen LogP contribution in [0.25, 0.3) is 0 Å². The number of aromatic amines is 1. The lowest BCUT2D eigenvalue weighted by atomic mass is 10.1. The van der Waals surface area contributed by atoms with Crippen molar-refractivity contribution in [2.24, 2.45) is 12.2 Å². The van der Waals surface area contributed by atoms with Crippen LogP contribution in [0, 0.1) is 4.91 Å². The van der Waals surface area contributed by atoms with Crippen molar-refractivity contribution in [2.75, 3.05) is 23.3 Å². The van der Waals surface area contributed by atoms with Crippen LogP contribution in [-0.4, -0.2) is 34.5 Å². The number of hydrogen-bond acceptors (Lipinski definition) is 7. The van der Waals surface area contributed by atoms with Gasteiger partial charge in [0.05, 0.1) is 12.6 Å². The Labute approximate surface area is 184 Å². The molecule has 4 rings (SSSR count). The lowest BCUT2D eigenvalue weighted by Crippen LogP contribution is -2.32. The van der Waals surface area contributed by atoms with E-state index in [0.717, 1.165) is 13.1 Å². The Morgan fingerprint density at radius 1 is 1.13 bits per heavy atom. The van der Waals surface area contributed by atoms with E-state index in [4.69, 9.17) is 0 Å². The summed E-state index contributed by atoms with van der Waals surface area (Å²) >= 11 is 1.28. The van der Waals surface area contributed by atoms with E-state index in [-0.39, 0.29) is 11.6 Å². The smallest absolute Gasteiger partial charge is 0.364 e. The van der Waals surface area contributed by atoms with Gasteiger partial charge in [0.25, 0.3) is 5.91 Å². The van der Waals surface area contributed by atoms with Gasteiger partial charge in [0, 0.05) is 29.4 Å². The molecule has 2 heterocycles. The Hall–Kier alpha value is -3.27. The van der Waals surface area contributed by atoms with Crippen molar-refractivity contribution in [3.8, 4) is 0 Å². The predicted octanol–water partition coefficient (Wildman–Crippen LogP) is 3.81. The normalized spacial score (nSPS) is 14.2. The molecular weight excluding hydrogens is 414 g/mol. The molecule has 160 valence electrons. The van der Waals surface area contributed by atoms with Gasteiger partial charge in [0.1, 0.15) is 10.8 Å². The molecule has 0 radical (unpaired) electrons. The largest absolute Gasteiger partial charge is 0.372 e. The lowest BCUT2D eigenvalue weighted by molar-refractivity contribution is -0.765. The minimum Gasteiger partial charge on any atom is -0.372 e. The Bertz CT molecular complexity index is 1060. The van der Waals surface area contributed by atoms with Gasteiger partial charge in [-0.3, -0.25) is 4.79 Å². The molecule has 1 aliphatic heterocycles. The first-order valence-corrected chi connectivity index (χ1v) is 11.0. The van der Waals surface area contributed by atoms with Crippen LogP contribution in [0.4, 0.5) is 17.1 Å². The van der Waals surface area contributed by atoms with E-state index in [0.29, 0.717) is 21.3 Å². The number of amides is 1. The number of hydrogen-bond donors (Lipinski definition) is 2. The van der Waals surface area contributed by atoms with Gasteiger partial charge in [-0.15, -0.1) is 4.91 Å². The average Bonchev–Trinajstić information content (AvgIpc) is 3.02. The molecule has 3 aromatic rings. The van der Waals surface area contributed by atoms with Crippen LogP contribution >= 0.6 is 11.8 Å². The van der Waals surface area contributed by atoms with Gasteiger partial charge in [0.15, 0.2) is 5.21 Å². The van der Waals surface area contributed by atoms with Crippen molar-refractivity contribution >= 4 is 34.7 Å². The van der Waals surface area contributed by atoms with Crippen LogP contribution in [0.15, 0.2) is 57.7 Å². The summed E-state index contributed by atoms with van der Waals surface area (Å²) in [6, 6.07) is 12.6. The van der Waals surface area contributed by atoms with Crippen LogP contribution < -0.4 is 14.9 Å². The molecule has 10 heteroatoms. The Morgan fingerprint density at radius 3 is 2.52 bits per heavy atom. The summed E-state index contributed by atoms with van der Waals surface area (Å²) in [4.78, 5) is 27.1. The number of nitroso groups, excluding NO2 is 1. The molecule has 0 spiro atoms. The molecule has 1 saturated heterocycles. The van der Waals surface area contributed by atoms with E-state index in [1.807, 2.05) is 24.3 Å². The number of aromatic nitrogens is 4. The van der Waals surface area contributed by atoms with Crippen LogP contribution in [0.3, 0.4) is 0 Å². The van der Waals surface area contributed by atoms with Gasteiger partial charge in [-0.05, 0) is 72.2 Å². The number of nitrogens with zero attached hydrogens (tertiary/aromatic N) is 5. The van der Waals surface area contributed by atoms with E-state index >= 15 is 0 Å². The minimum absolute atomic E-state index is 0.190. The number of carbonyl (C=O) groups excluding carboxylic acids is 1. The third-order valence-corrected chi connectivity index (χ3v) is 6.34. The number of H-pyrrole nitrogens is 1. The maximum Gasteiger partial charge on any atom is 0.364 e. The van der Waals surface area contributed by atoms with Crippen molar-refractivity contribution in [1.29, 1.82) is 0 Å². The molecule has 0 unspecified atom stereocenters. The highest BCUT2D eigenvalue weighted by Gasteiger charge is 2.20. The summed E-state index contributed by atoms with van der Waals surface area (Å²) < 4.78 is 1.64. The second-order valence-electron chi connectivity index (χ2n) is 7.42. The first-order chi connectivity index (χ1) is 15.1. The third-order valence-electron chi connectivity index (χ3n) is 5.23. The van der Waals surface area contributed by atoms with Crippen LogP contribution in [0.2, 0.25) is 0 Å². The zero-order valence-corrected chi connectivity index (χ0v) is 18.1. The minimum atomic E-state index is -0.318. The van der Waals surface area contributed by atoms with Crippen molar-refractivity contribution in [2.45, 2.75) is 35.7 Å². The zero-order valence-electron chi connectivity index (χ0n) is 17.2. The highest BCUT2D eigenvalue weighted by Crippen LogP contribution is 2.31. The molecule has 31 heavy (non-hydrogen) atoms. The van der Waals surface area contributed by atoms with Gasteiger partial charge < -0.3 is 10.2 Å². The fourth-order valence-electron chi connectivity index (χ4n) is 3.55. The van der Waals surface area contributed by atoms with E-state index in [9.17, 15) is 9.70 Å². The highest BCUT2D eigenvalue weighted by atomic mass is 32.2. The molecule has 1 amide bonds. The zero-order chi connectivity index (χ0) is 21.6. The molecule has 0 saturated carbocycles. The maximum atomic E-state index is 13.0. The fourth-order valence-corrected chi connectivity index (χ4v) is 4.41. The first-order valence-electron chi connectivity index (χ1n) is 10.2. The summed E-state index contributed by atoms with van der Waals surface area (Å²) in [6.07, 6.45) is 4.99. The molecule has 2 aromatic carbocycles. The van der Waals surface area contributed by atoms with Crippen LogP contribution in [0.1, 0.15) is 36.0 Å². The van der Waals surface area contributed by atoms with Gasteiger partial charge >= 0.3 is 5.16 Å². The average molecular weight is 439 g/mol.